The van der Waals surface area contributed by atoms with Gasteiger partial charge in [-0.15, -0.1) is 0 Å². The van der Waals surface area contributed by atoms with E-state index in [1.807, 2.05) is 0 Å². The molecule has 0 radical (unpaired) electrons. The summed E-state index contributed by atoms with van der Waals surface area (Å²) < 4.78 is 12.6. The van der Waals surface area contributed by atoms with Gasteiger partial charge in [-0.1, -0.05) is 6.92 Å². The number of pyridine rings is 1. The zero-order chi connectivity index (χ0) is 8.97. The first kappa shape index (κ1) is 8.84. The van der Waals surface area contributed by atoms with Gasteiger partial charge in [0.15, 0.2) is 0 Å². The third kappa shape index (κ3) is 2.42. The lowest BCUT2D eigenvalue weighted by Crippen LogP contribution is -2.02. The first-order chi connectivity index (χ1) is 5.72. The van der Waals surface area contributed by atoms with Gasteiger partial charge in [0, 0.05) is 19.0 Å². The number of Topliss-reactive ketones (excluding diaryl/α,β-unsaturated/α-hetero) is 1. The van der Waals surface area contributed by atoms with Gasteiger partial charge in [-0.05, 0) is 12.1 Å². The quantitative estimate of drug-likeness (QED) is 0.686. The van der Waals surface area contributed by atoms with E-state index in [0.29, 0.717) is 12.1 Å². The highest BCUT2D eigenvalue weighted by molar-refractivity contribution is 5.80. The minimum Gasteiger partial charge on any atom is -0.299 e. The molecule has 0 bridgehead atoms. The molecule has 12 heavy (non-hydrogen) atoms. The van der Waals surface area contributed by atoms with Crippen LogP contribution in [0.4, 0.5) is 4.39 Å². The Hall–Kier alpha value is -1.25. The van der Waals surface area contributed by atoms with Crippen LogP contribution in [0.1, 0.15) is 19.0 Å². The summed E-state index contributed by atoms with van der Waals surface area (Å²) >= 11 is 0. The maximum atomic E-state index is 12.6. The van der Waals surface area contributed by atoms with Gasteiger partial charge in [0.25, 0.3) is 0 Å². The molecule has 2 nitrogen and oxygen atoms in total. The van der Waals surface area contributed by atoms with Crippen molar-refractivity contribution in [2.45, 2.75) is 19.8 Å². The van der Waals surface area contributed by atoms with Crippen LogP contribution in [0, 0.1) is 5.82 Å². The van der Waals surface area contributed by atoms with Crippen LogP contribution in [-0.4, -0.2) is 10.8 Å². The lowest BCUT2D eigenvalue weighted by molar-refractivity contribution is -0.118. The van der Waals surface area contributed by atoms with Crippen molar-refractivity contribution < 1.29 is 9.18 Å². The number of nitrogens with zero attached hydrogens (tertiary/aromatic N) is 1. The molecular formula is C9H10FNO. The van der Waals surface area contributed by atoms with Gasteiger partial charge < -0.3 is 0 Å². The normalized spacial score (nSPS) is 9.83. The maximum Gasteiger partial charge on any atom is 0.138 e. The van der Waals surface area contributed by atoms with Gasteiger partial charge in [0.05, 0.1) is 5.69 Å². The first-order valence-corrected chi connectivity index (χ1v) is 3.84. The van der Waals surface area contributed by atoms with Crippen LogP contribution in [0.3, 0.4) is 0 Å². The molecule has 0 aromatic carbocycles. The van der Waals surface area contributed by atoms with Crippen molar-refractivity contribution in [1.29, 1.82) is 0 Å². The smallest absolute Gasteiger partial charge is 0.138 e. The second kappa shape index (κ2) is 3.95. The lowest BCUT2D eigenvalue weighted by atomic mass is 10.2. The van der Waals surface area contributed by atoms with Crippen LogP contribution in [0.25, 0.3) is 0 Å². The number of rotatable bonds is 3. The maximum absolute atomic E-state index is 12.6. The molecule has 1 aromatic rings. The average molecular weight is 167 g/mol. The van der Waals surface area contributed by atoms with Crippen LogP contribution in [0.2, 0.25) is 0 Å². The molecule has 1 aromatic heterocycles. The fraction of sp³-hybridized carbons (Fsp3) is 0.333. The van der Waals surface area contributed by atoms with Gasteiger partial charge in [-0.25, -0.2) is 4.39 Å². The topological polar surface area (TPSA) is 30.0 Å². The van der Waals surface area contributed by atoms with Crippen LogP contribution in [-0.2, 0) is 11.2 Å². The predicted molar refractivity (Wildman–Crippen MR) is 43.2 cm³/mol. The number of halogens is 1. The number of hydrogen-bond donors (Lipinski definition) is 0. The second-order valence-corrected chi connectivity index (χ2v) is 2.53. The van der Waals surface area contributed by atoms with Gasteiger partial charge in [-0.3, -0.25) is 9.78 Å². The summed E-state index contributed by atoms with van der Waals surface area (Å²) in [6, 6.07) is 2.55. The fourth-order valence-corrected chi connectivity index (χ4v) is 0.872. The number of ketones is 1. The third-order valence-corrected chi connectivity index (χ3v) is 1.55. The minimum atomic E-state index is -0.344. The minimum absolute atomic E-state index is 0.0769. The molecule has 3 heteroatoms. The predicted octanol–water partition coefficient (Wildman–Crippen LogP) is 1.74. The summed E-state index contributed by atoms with van der Waals surface area (Å²) in [6.45, 7) is 1.78. The Balaban J connectivity index is 2.69. The van der Waals surface area contributed by atoms with E-state index in [-0.39, 0.29) is 18.0 Å². The van der Waals surface area contributed by atoms with Crippen LogP contribution in [0.15, 0.2) is 18.3 Å². The highest BCUT2D eigenvalue weighted by Crippen LogP contribution is 2.01. The molecule has 0 atom stereocenters. The fourth-order valence-electron chi connectivity index (χ4n) is 0.872. The van der Waals surface area contributed by atoms with Gasteiger partial charge in [0.1, 0.15) is 11.6 Å². The van der Waals surface area contributed by atoms with Crippen molar-refractivity contribution in [3.63, 3.8) is 0 Å². The summed E-state index contributed by atoms with van der Waals surface area (Å²) in [6.07, 6.45) is 2.07. The molecule has 0 amide bonds. The van der Waals surface area contributed by atoms with E-state index in [1.54, 1.807) is 6.92 Å². The molecule has 64 valence electrons. The van der Waals surface area contributed by atoms with Crippen molar-refractivity contribution in [2.24, 2.45) is 0 Å². The largest absolute Gasteiger partial charge is 0.299 e. The van der Waals surface area contributed by atoms with E-state index >= 15 is 0 Å². The van der Waals surface area contributed by atoms with Gasteiger partial charge in [-0.2, -0.15) is 0 Å². The molecule has 0 saturated heterocycles. The molecule has 0 spiro atoms. The number of carbonyl (C=O) groups is 1. The molecule has 0 unspecified atom stereocenters. The summed E-state index contributed by atoms with van der Waals surface area (Å²) in [5.41, 5.74) is 0.502. The third-order valence-electron chi connectivity index (χ3n) is 1.55. The monoisotopic (exact) mass is 167 g/mol. The highest BCUT2D eigenvalue weighted by atomic mass is 19.1. The zero-order valence-corrected chi connectivity index (χ0v) is 6.88. The second-order valence-electron chi connectivity index (χ2n) is 2.53. The molecule has 1 heterocycles. The zero-order valence-electron chi connectivity index (χ0n) is 6.88. The first-order valence-electron chi connectivity index (χ1n) is 3.84. The lowest BCUT2D eigenvalue weighted by Gasteiger charge is -1.96. The summed E-state index contributed by atoms with van der Waals surface area (Å²) in [7, 11) is 0. The molecular weight excluding hydrogens is 157 g/mol. The standard InChI is InChI=1S/C9H10FNO/c1-2-9(12)6-8-5-7(10)3-4-11-8/h3-5H,2,6H2,1H3. The van der Waals surface area contributed by atoms with E-state index in [1.165, 1.54) is 18.3 Å². The summed E-state index contributed by atoms with van der Waals surface area (Å²) in [5, 5.41) is 0. The van der Waals surface area contributed by atoms with Crippen LogP contribution < -0.4 is 0 Å². The van der Waals surface area contributed by atoms with Crippen molar-refractivity contribution in [3.05, 3.63) is 29.8 Å². The van der Waals surface area contributed by atoms with E-state index < -0.39 is 0 Å². The van der Waals surface area contributed by atoms with Crippen molar-refractivity contribution in [3.8, 4) is 0 Å². The Morgan fingerprint density at radius 2 is 2.42 bits per heavy atom. The van der Waals surface area contributed by atoms with E-state index in [9.17, 15) is 9.18 Å². The molecule has 1 rings (SSSR count). The number of carbonyl (C=O) groups excluding carboxylic acids is 1. The Labute approximate surface area is 70.4 Å². The Morgan fingerprint density at radius 3 is 3.00 bits per heavy atom. The number of aromatic nitrogens is 1. The Bertz CT molecular complexity index is 286. The van der Waals surface area contributed by atoms with E-state index in [2.05, 4.69) is 4.98 Å². The average Bonchev–Trinajstić information content (AvgIpc) is 2.04. The summed E-state index contributed by atoms with van der Waals surface area (Å²) in [4.78, 5) is 14.8. The van der Waals surface area contributed by atoms with Crippen molar-refractivity contribution >= 4 is 5.78 Å². The van der Waals surface area contributed by atoms with E-state index in [0.717, 1.165) is 0 Å². The van der Waals surface area contributed by atoms with Crippen molar-refractivity contribution in [1.82, 2.24) is 4.98 Å². The molecule has 0 aliphatic rings. The van der Waals surface area contributed by atoms with Gasteiger partial charge >= 0.3 is 0 Å². The molecule has 0 N–H and O–H groups in total. The van der Waals surface area contributed by atoms with Crippen LogP contribution >= 0.6 is 0 Å². The highest BCUT2D eigenvalue weighted by Gasteiger charge is 2.02. The van der Waals surface area contributed by atoms with Gasteiger partial charge in [0.2, 0.25) is 0 Å². The Morgan fingerprint density at radius 1 is 1.67 bits per heavy atom. The van der Waals surface area contributed by atoms with Crippen LogP contribution in [0.5, 0.6) is 0 Å². The molecule has 0 fully saturated rings. The molecule has 0 aliphatic heterocycles. The molecule has 0 aliphatic carbocycles. The van der Waals surface area contributed by atoms with E-state index in [4.69, 9.17) is 0 Å². The van der Waals surface area contributed by atoms with Crippen molar-refractivity contribution in [2.75, 3.05) is 0 Å². The summed E-state index contributed by atoms with van der Waals surface area (Å²) in [5.74, 6) is -0.267. The number of hydrogen-bond acceptors (Lipinski definition) is 2. The SMILES string of the molecule is CCC(=O)Cc1cc(F)ccn1. The molecule has 0 saturated carbocycles. The Kier molecular flexibility index (Phi) is 2.91.